The van der Waals surface area contributed by atoms with Gasteiger partial charge in [0.05, 0.1) is 0 Å². The number of hydrogen-bond donors (Lipinski definition) is 1. The molecule has 1 N–H and O–H groups in total. The first-order valence-corrected chi connectivity index (χ1v) is 12.0. The van der Waals surface area contributed by atoms with Crippen LogP contribution in [0.3, 0.4) is 0 Å². The van der Waals surface area contributed by atoms with Crippen molar-refractivity contribution in [3.63, 3.8) is 0 Å². The van der Waals surface area contributed by atoms with Crippen molar-refractivity contribution in [3.8, 4) is 0 Å². The van der Waals surface area contributed by atoms with Crippen LogP contribution in [0.25, 0.3) is 10.8 Å². The topological polar surface area (TPSA) is 59.1 Å². The second-order valence-electron chi connectivity index (χ2n) is 9.46. The van der Waals surface area contributed by atoms with E-state index >= 15 is 0 Å². The Morgan fingerprint density at radius 1 is 0.938 bits per heavy atom. The van der Waals surface area contributed by atoms with Crippen LogP contribution in [0.1, 0.15) is 73.2 Å². The Labute approximate surface area is 189 Å². The van der Waals surface area contributed by atoms with E-state index in [1.165, 1.54) is 32.1 Å². The molecule has 4 nitrogen and oxygen atoms in total. The summed E-state index contributed by atoms with van der Waals surface area (Å²) < 4.78 is 0. The van der Waals surface area contributed by atoms with Gasteiger partial charge in [-0.3, -0.25) is 14.6 Å². The van der Waals surface area contributed by atoms with Crippen molar-refractivity contribution in [1.82, 2.24) is 4.98 Å². The van der Waals surface area contributed by atoms with Crippen LogP contribution in [0.15, 0.2) is 60.9 Å². The Morgan fingerprint density at radius 3 is 2.56 bits per heavy atom. The summed E-state index contributed by atoms with van der Waals surface area (Å²) in [5, 5.41) is 5.18. The molecule has 1 aromatic heterocycles. The zero-order valence-electron chi connectivity index (χ0n) is 18.4. The van der Waals surface area contributed by atoms with Gasteiger partial charge in [-0.25, -0.2) is 0 Å². The van der Waals surface area contributed by atoms with Gasteiger partial charge in [0.15, 0.2) is 5.78 Å². The van der Waals surface area contributed by atoms with Gasteiger partial charge in [0.2, 0.25) is 5.91 Å². The monoisotopic (exact) mass is 426 g/mol. The Morgan fingerprint density at radius 2 is 1.75 bits per heavy atom. The normalized spacial score (nSPS) is 20.8. The van der Waals surface area contributed by atoms with Crippen LogP contribution in [0.4, 0.5) is 5.69 Å². The lowest BCUT2D eigenvalue weighted by Gasteiger charge is -2.20. The molecular weight excluding hydrogens is 396 g/mol. The molecule has 0 radical (unpaired) electrons. The molecule has 2 aliphatic carbocycles. The Kier molecular flexibility index (Phi) is 6.02. The van der Waals surface area contributed by atoms with E-state index in [1.807, 2.05) is 54.7 Å². The Balaban J connectivity index is 1.14. The van der Waals surface area contributed by atoms with Crippen molar-refractivity contribution >= 4 is 28.2 Å². The molecule has 2 aliphatic rings. The highest BCUT2D eigenvalue weighted by atomic mass is 16.2. The summed E-state index contributed by atoms with van der Waals surface area (Å²) in [7, 11) is 0. The number of carbonyl (C=O) groups excluding carboxylic acids is 2. The maximum Gasteiger partial charge on any atom is 0.228 e. The van der Waals surface area contributed by atoms with Gasteiger partial charge in [-0.1, -0.05) is 62.4 Å². The van der Waals surface area contributed by atoms with Gasteiger partial charge in [0, 0.05) is 41.4 Å². The SMILES string of the molecule is O=C(CCC1CCCCC1)c1ccc([C@@H]2C[C@H]2C(=O)Nc2ccc3cnccc3c2)cc1. The summed E-state index contributed by atoms with van der Waals surface area (Å²) in [5.74, 6) is 1.29. The standard InChI is InChI=1S/C28H30N2O2/c31-27(13-6-19-4-2-1-3-5-19)21-9-7-20(8-10-21)25-17-26(25)28(32)30-24-12-11-23-18-29-15-14-22(23)16-24/h7-12,14-16,18-19,25-26H,1-6,13,17H2,(H,30,32)/t25-,26+/m0/s1. The molecular formula is C28H30N2O2. The smallest absolute Gasteiger partial charge is 0.228 e. The number of amides is 1. The fraction of sp³-hybridized carbons (Fsp3) is 0.393. The fourth-order valence-electron chi connectivity index (χ4n) is 5.12. The molecule has 1 amide bonds. The summed E-state index contributed by atoms with van der Waals surface area (Å²) in [6.45, 7) is 0. The summed E-state index contributed by atoms with van der Waals surface area (Å²) in [6, 6.07) is 15.8. The van der Waals surface area contributed by atoms with Gasteiger partial charge >= 0.3 is 0 Å². The van der Waals surface area contributed by atoms with E-state index in [0.717, 1.165) is 46.3 Å². The first-order chi connectivity index (χ1) is 15.7. The highest BCUT2D eigenvalue weighted by Gasteiger charge is 2.43. The molecule has 0 saturated heterocycles. The molecule has 32 heavy (non-hydrogen) atoms. The molecule has 164 valence electrons. The van der Waals surface area contributed by atoms with Crippen LogP contribution in [-0.2, 0) is 4.79 Å². The quantitative estimate of drug-likeness (QED) is 0.438. The number of anilines is 1. The number of nitrogens with one attached hydrogen (secondary N) is 1. The van der Waals surface area contributed by atoms with Gasteiger partial charge in [-0.15, -0.1) is 0 Å². The average Bonchev–Trinajstić information content (AvgIpc) is 3.64. The summed E-state index contributed by atoms with van der Waals surface area (Å²) in [6.07, 6.45) is 12.7. The van der Waals surface area contributed by atoms with Crippen LogP contribution in [0.5, 0.6) is 0 Å². The molecule has 4 heteroatoms. The maximum absolute atomic E-state index is 12.7. The number of carbonyl (C=O) groups is 2. The second kappa shape index (κ2) is 9.23. The van der Waals surface area contributed by atoms with Crippen molar-refractivity contribution in [2.24, 2.45) is 11.8 Å². The molecule has 0 aliphatic heterocycles. The van der Waals surface area contributed by atoms with E-state index in [1.54, 1.807) is 6.20 Å². The van der Waals surface area contributed by atoms with Crippen LogP contribution in [-0.4, -0.2) is 16.7 Å². The van der Waals surface area contributed by atoms with E-state index in [2.05, 4.69) is 10.3 Å². The van der Waals surface area contributed by atoms with E-state index in [-0.39, 0.29) is 23.5 Å². The van der Waals surface area contributed by atoms with Crippen LogP contribution < -0.4 is 5.32 Å². The lowest BCUT2D eigenvalue weighted by molar-refractivity contribution is -0.117. The molecule has 2 atom stereocenters. The fourth-order valence-corrected chi connectivity index (χ4v) is 5.12. The zero-order chi connectivity index (χ0) is 21.9. The van der Waals surface area contributed by atoms with Crippen molar-refractivity contribution in [2.45, 2.75) is 57.3 Å². The average molecular weight is 427 g/mol. The minimum atomic E-state index is -0.00371. The number of fused-ring (bicyclic) bond motifs is 1. The predicted molar refractivity (Wildman–Crippen MR) is 128 cm³/mol. The van der Waals surface area contributed by atoms with Gasteiger partial charge in [-0.05, 0) is 53.8 Å². The van der Waals surface area contributed by atoms with Crippen molar-refractivity contribution in [3.05, 3.63) is 72.1 Å². The van der Waals surface area contributed by atoms with Crippen molar-refractivity contribution in [1.29, 1.82) is 0 Å². The van der Waals surface area contributed by atoms with Crippen molar-refractivity contribution in [2.75, 3.05) is 5.32 Å². The molecule has 0 spiro atoms. The molecule has 3 aromatic rings. The Hall–Kier alpha value is -3.01. The van der Waals surface area contributed by atoms with Gasteiger partial charge in [0.25, 0.3) is 0 Å². The highest BCUT2D eigenvalue weighted by Crippen LogP contribution is 2.48. The third kappa shape index (κ3) is 4.74. The number of hydrogen-bond acceptors (Lipinski definition) is 3. The van der Waals surface area contributed by atoms with E-state index in [0.29, 0.717) is 6.42 Å². The summed E-state index contributed by atoms with van der Waals surface area (Å²) in [5.41, 5.74) is 2.77. The number of rotatable bonds is 7. The minimum Gasteiger partial charge on any atom is -0.326 e. The molecule has 0 unspecified atom stereocenters. The van der Waals surface area contributed by atoms with Gasteiger partial charge < -0.3 is 5.32 Å². The second-order valence-corrected chi connectivity index (χ2v) is 9.46. The number of Topliss-reactive ketones (excluding diaryl/α,β-unsaturated/α-hetero) is 1. The largest absolute Gasteiger partial charge is 0.326 e. The number of aromatic nitrogens is 1. The lowest BCUT2D eigenvalue weighted by atomic mass is 9.85. The zero-order valence-corrected chi connectivity index (χ0v) is 18.4. The first kappa shape index (κ1) is 20.9. The highest BCUT2D eigenvalue weighted by molar-refractivity contribution is 5.98. The van der Waals surface area contributed by atoms with Crippen molar-refractivity contribution < 1.29 is 9.59 Å². The van der Waals surface area contributed by atoms with Crippen LogP contribution in [0, 0.1) is 11.8 Å². The molecule has 0 bridgehead atoms. The predicted octanol–water partition coefficient (Wildman–Crippen LogP) is 6.52. The lowest BCUT2D eigenvalue weighted by Crippen LogP contribution is -2.14. The third-order valence-corrected chi connectivity index (χ3v) is 7.20. The number of nitrogens with zero attached hydrogens (tertiary/aromatic N) is 1. The molecule has 2 aromatic carbocycles. The Bertz CT molecular complexity index is 1120. The molecule has 1 heterocycles. The molecule has 5 rings (SSSR count). The third-order valence-electron chi connectivity index (χ3n) is 7.20. The van der Waals surface area contributed by atoms with Gasteiger partial charge in [-0.2, -0.15) is 0 Å². The van der Waals surface area contributed by atoms with Crippen LogP contribution >= 0.6 is 0 Å². The number of benzene rings is 2. The summed E-state index contributed by atoms with van der Waals surface area (Å²) in [4.78, 5) is 29.4. The number of ketones is 1. The molecule has 2 fully saturated rings. The van der Waals surface area contributed by atoms with Crippen LogP contribution in [0.2, 0.25) is 0 Å². The van der Waals surface area contributed by atoms with E-state index in [4.69, 9.17) is 0 Å². The minimum absolute atomic E-state index is 0.00371. The summed E-state index contributed by atoms with van der Waals surface area (Å²) >= 11 is 0. The maximum atomic E-state index is 12.7. The number of pyridine rings is 1. The van der Waals surface area contributed by atoms with E-state index in [9.17, 15) is 9.59 Å². The van der Waals surface area contributed by atoms with E-state index < -0.39 is 0 Å². The molecule has 2 saturated carbocycles. The van der Waals surface area contributed by atoms with Gasteiger partial charge in [0.1, 0.15) is 0 Å². The first-order valence-electron chi connectivity index (χ1n) is 12.0.